The van der Waals surface area contributed by atoms with Crippen LogP contribution in [0.15, 0.2) is 73.3 Å². The van der Waals surface area contributed by atoms with Crippen LogP contribution in [0.5, 0.6) is 0 Å². The van der Waals surface area contributed by atoms with Gasteiger partial charge in [-0.15, -0.1) is 0 Å². The molecule has 1 N–H and O–H groups in total. The lowest BCUT2D eigenvalue weighted by Crippen LogP contribution is -2.32. The molecule has 0 saturated carbocycles. The minimum Gasteiger partial charge on any atom is -0.330 e. The smallest absolute Gasteiger partial charge is 0.330 e. The molecule has 1 unspecified atom stereocenters. The molecule has 6 nitrogen and oxygen atoms in total. The summed E-state index contributed by atoms with van der Waals surface area (Å²) in [6.07, 6.45) is 5.50. The summed E-state index contributed by atoms with van der Waals surface area (Å²) in [7, 11) is 0. The normalized spacial score (nSPS) is 11.9. The summed E-state index contributed by atoms with van der Waals surface area (Å²) in [5, 5.41) is 2.69. The third kappa shape index (κ3) is 4.43. The molecule has 0 radical (unpaired) electrons. The van der Waals surface area contributed by atoms with Crippen molar-refractivity contribution in [2.45, 2.75) is 19.9 Å². The van der Waals surface area contributed by atoms with Crippen LogP contribution in [0.2, 0.25) is 0 Å². The number of amides is 3. The van der Waals surface area contributed by atoms with E-state index in [4.69, 9.17) is 0 Å². The van der Waals surface area contributed by atoms with Crippen molar-refractivity contribution in [2.75, 3.05) is 5.32 Å². The largest absolute Gasteiger partial charge is 0.338 e. The van der Waals surface area contributed by atoms with Crippen LogP contribution in [0.4, 0.5) is 10.5 Å². The number of anilines is 1. The molecule has 2 aromatic carbocycles. The number of urea groups is 1. The Morgan fingerprint density at radius 1 is 1.07 bits per heavy atom. The second-order valence-electron chi connectivity index (χ2n) is 6.73. The molecule has 1 heterocycles. The third-order valence-corrected chi connectivity index (χ3v) is 4.75. The highest BCUT2D eigenvalue weighted by molar-refractivity contribution is 7.79. The zero-order valence-corrected chi connectivity index (χ0v) is 16.6. The van der Waals surface area contributed by atoms with Crippen molar-refractivity contribution in [3.8, 4) is 0 Å². The van der Waals surface area contributed by atoms with Crippen molar-refractivity contribution in [3.63, 3.8) is 0 Å². The van der Waals surface area contributed by atoms with E-state index in [-0.39, 0.29) is 6.04 Å². The first-order valence-electron chi connectivity index (χ1n) is 8.94. The fourth-order valence-electron chi connectivity index (χ4n) is 3.07. The van der Waals surface area contributed by atoms with Gasteiger partial charge in [-0.2, -0.15) is 0 Å². The maximum absolute atomic E-state index is 12.3. The maximum atomic E-state index is 12.3. The average Bonchev–Trinajstić information content (AvgIpc) is 3.23. The third-order valence-electron chi connectivity index (χ3n) is 4.39. The van der Waals surface area contributed by atoms with E-state index in [1.54, 1.807) is 42.9 Å². The molecule has 144 valence electrons. The Bertz CT molecular complexity index is 925. The predicted octanol–water partition coefficient (Wildman–Crippen LogP) is 4.65. The van der Waals surface area contributed by atoms with Crippen LogP contribution in [0.25, 0.3) is 0 Å². The lowest BCUT2D eigenvalue weighted by molar-refractivity contribution is 0.0902. The van der Waals surface area contributed by atoms with Gasteiger partial charge in [0, 0.05) is 23.6 Å². The minimum absolute atomic E-state index is 0.147. The van der Waals surface area contributed by atoms with Crippen molar-refractivity contribution >= 4 is 30.4 Å². The average molecular weight is 395 g/mol. The van der Waals surface area contributed by atoms with Gasteiger partial charge in [0.25, 0.3) is 5.91 Å². The van der Waals surface area contributed by atoms with Gasteiger partial charge in [-0.1, -0.05) is 57.0 Å². The summed E-state index contributed by atoms with van der Waals surface area (Å²) >= 11 is 4.04. The van der Waals surface area contributed by atoms with Crippen LogP contribution >= 0.6 is 12.8 Å². The molecule has 0 aliphatic rings. The van der Waals surface area contributed by atoms with Crippen LogP contribution in [-0.4, -0.2) is 25.8 Å². The summed E-state index contributed by atoms with van der Waals surface area (Å²) in [5.74, 6) is -0.121. The molecule has 1 aromatic heterocycles. The number of hydrogen-bond acceptors (Lipinski definition) is 4. The Morgan fingerprint density at radius 3 is 2.32 bits per heavy atom. The molecule has 3 amide bonds. The quantitative estimate of drug-likeness (QED) is 0.619. The molecule has 0 fully saturated rings. The molecule has 0 bridgehead atoms. The highest BCUT2D eigenvalue weighted by atomic mass is 32.1. The Hall–Kier alpha value is -3.06. The van der Waals surface area contributed by atoms with E-state index < -0.39 is 11.9 Å². The van der Waals surface area contributed by atoms with E-state index in [2.05, 4.69) is 41.5 Å². The molecule has 0 spiro atoms. The Balaban J connectivity index is 1.70. The van der Waals surface area contributed by atoms with Crippen molar-refractivity contribution in [2.24, 2.45) is 5.92 Å². The molecule has 3 rings (SSSR count). The van der Waals surface area contributed by atoms with Crippen molar-refractivity contribution < 1.29 is 9.59 Å². The van der Waals surface area contributed by atoms with Crippen LogP contribution in [-0.2, 0) is 0 Å². The second kappa shape index (κ2) is 8.75. The maximum Gasteiger partial charge on any atom is 0.338 e. The number of carbonyl (C=O) groups excluding carboxylic acids is 2. The first-order chi connectivity index (χ1) is 13.5. The number of imide groups is 1. The van der Waals surface area contributed by atoms with Gasteiger partial charge in [0.2, 0.25) is 0 Å². The fourth-order valence-corrected chi connectivity index (χ4v) is 3.24. The summed E-state index contributed by atoms with van der Waals surface area (Å²) in [6.45, 7) is 4.29. The van der Waals surface area contributed by atoms with Gasteiger partial charge >= 0.3 is 6.03 Å². The monoisotopic (exact) mass is 394 g/mol. The highest BCUT2D eigenvalue weighted by Gasteiger charge is 2.21. The molecule has 0 aliphatic carbocycles. The first kappa shape index (κ1) is 19.7. The van der Waals surface area contributed by atoms with E-state index >= 15 is 0 Å². The van der Waals surface area contributed by atoms with Gasteiger partial charge in [-0.3, -0.25) is 4.79 Å². The van der Waals surface area contributed by atoms with Crippen LogP contribution < -0.4 is 5.32 Å². The first-order valence-corrected chi connectivity index (χ1v) is 9.34. The molecule has 28 heavy (non-hydrogen) atoms. The molecule has 0 saturated heterocycles. The minimum atomic E-state index is -0.611. The van der Waals surface area contributed by atoms with Crippen molar-refractivity contribution in [1.82, 2.24) is 13.9 Å². The van der Waals surface area contributed by atoms with Crippen LogP contribution in [0.3, 0.4) is 0 Å². The highest BCUT2D eigenvalue weighted by Crippen LogP contribution is 2.27. The van der Waals surface area contributed by atoms with E-state index in [9.17, 15) is 9.59 Å². The predicted molar refractivity (Wildman–Crippen MR) is 112 cm³/mol. The lowest BCUT2D eigenvalue weighted by atomic mass is 9.95. The molecule has 3 aromatic rings. The molecule has 7 heteroatoms. The number of nitrogens with zero attached hydrogens (tertiary/aromatic N) is 3. The SMILES string of the molecule is CC(C)C(c1ccc(NC(=O)N(S)C(=O)c2ccccc2)cc1)n1ccnc1. The van der Waals surface area contributed by atoms with E-state index in [1.165, 1.54) is 0 Å². The van der Waals surface area contributed by atoms with Crippen molar-refractivity contribution in [1.29, 1.82) is 0 Å². The van der Waals surface area contributed by atoms with E-state index in [1.807, 2.05) is 30.5 Å². The van der Waals surface area contributed by atoms with Gasteiger partial charge < -0.3 is 9.88 Å². The van der Waals surface area contributed by atoms with Gasteiger partial charge in [0.15, 0.2) is 0 Å². The Kier molecular flexibility index (Phi) is 6.16. The summed E-state index contributed by atoms with van der Waals surface area (Å²) < 4.78 is 2.83. The van der Waals surface area contributed by atoms with E-state index in [0.29, 0.717) is 17.2 Å². The zero-order valence-electron chi connectivity index (χ0n) is 15.7. The topological polar surface area (TPSA) is 67.2 Å². The molecular weight excluding hydrogens is 372 g/mol. The number of nitrogens with one attached hydrogen (secondary N) is 1. The molecular formula is C21H22N4O2S. The number of hydrogen-bond donors (Lipinski definition) is 2. The summed E-state index contributed by atoms with van der Waals surface area (Å²) in [5.41, 5.74) is 2.08. The van der Waals surface area contributed by atoms with Crippen molar-refractivity contribution in [3.05, 3.63) is 84.4 Å². The summed E-state index contributed by atoms with van der Waals surface area (Å²) in [4.78, 5) is 28.8. The molecule has 0 aliphatic heterocycles. The number of benzene rings is 2. The Labute approximate surface area is 169 Å². The van der Waals surface area contributed by atoms with E-state index in [0.717, 1.165) is 9.87 Å². The van der Waals surface area contributed by atoms with Crippen LogP contribution in [0.1, 0.15) is 35.8 Å². The number of rotatable bonds is 5. The Morgan fingerprint density at radius 2 is 1.75 bits per heavy atom. The van der Waals surface area contributed by atoms with Gasteiger partial charge in [-0.05, 0) is 35.7 Å². The number of thiol groups is 1. The number of aromatic nitrogens is 2. The molecule has 1 atom stereocenters. The van der Waals surface area contributed by atoms with Gasteiger partial charge in [0.1, 0.15) is 0 Å². The second-order valence-corrected chi connectivity index (χ2v) is 7.13. The fraction of sp³-hybridized carbons (Fsp3) is 0.190. The van der Waals surface area contributed by atoms with Crippen LogP contribution in [0, 0.1) is 5.92 Å². The standard InChI is InChI=1S/C21H22N4O2S/c1-15(2)19(24-13-12-22-14-24)16-8-10-18(11-9-16)23-21(27)25(28)20(26)17-6-4-3-5-7-17/h3-15,19,28H,1-2H3,(H,23,27). The van der Waals surface area contributed by atoms with Gasteiger partial charge in [-0.25, -0.2) is 14.1 Å². The number of imidazole rings is 1. The number of carbonyl (C=O) groups is 2. The summed E-state index contributed by atoms with van der Waals surface area (Å²) in [6, 6.07) is 15.6. The van der Waals surface area contributed by atoms with Gasteiger partial charge in [0.05, 0.1) is 12.4 Å². The lowest BCUT2D eigenvalue weighted by Gasteiger charge is -2.23. The zero-order chi connectivity index (χ0) is 20.1.